The first-order valence-corrected chi connectivity index (χ1v) is 9.04. The second-order valence-electron chi connectivity index (χ2n) is 6.04. The number of rotatable bonds is 5. The number of fused-ring (bicyclic) bond motifs is 1. The van der Waals surface area contributed by atoms with Crippen molar-refractivity contribution in [2.75, 3.05) is 19.0 Å². The number of nitrogens with zero attached hydrogens (tertiary/aromatic N) is 1. The number of para-hydroxylation sites is 1. The number of halogens is 1. The van der Waals surface area contributed by atoms with Gasteiger partial charge in [-0.15, -0.1) is 0 Å². The van der Waals surface area contributed by atoms with Crippen LogP contribution in [0.3, 0.4) is 0 Å². The number of carbonyl (C=O) groups excluding carboxylic acids is 2. The first-order chi connectivity index (χ1) is 13.5. The molecule has 0 fully saturated rings. The lowest BCUT2D eigenvalue weighted by atomic mass is 10.0. The van der Waals surface area contributed by atoms with Gasteiger partial charge in [0.25, 0.3) is 0 Å². The van der Waals surface area contributed by atoms with E-state index in [9.17, 15) is 9.59 Å². The number of carbonyl (C=O) groups is 2. The number of anilines is 2. The number of benzene rings is 2. The lowest BCUT2D eigenvalue weighted by Gasteiger charge is -2.16. The second-order valence-corrected chi connectivity index (χ2v) is 6.48. The van der Waals surface area contributed by atoms with Gasteiger partial charge in [0.2, 0.25) is 0 Å². The number of hydrogen-bond acceptors (Lipinski definition) is 6. The summed E-state index contributed by atoms with van der Waals surface area (Å²) in [5.41, 5.74) is 3.18. The molecule has 0 bridgehead atoms. The Morgan fingerprint density at radius 3 is 2.61 bits per heavy atom. The van der Waals surface area contributed by atoms with E-state index >= 15 is 0 Å². The molecule has 3 rings (SSSR count). The lowest BCUT2D eigenvalue weighted by molar-refractivity contribution is 0.0526. The number of pyridine rings is 1. The molecule has 0 saturated heterocycles. The molecule has 0 aliphatic carbocycles. The van der Waals surface area contributed by atoms with Crippen LogP contribution in [0.25, 0.3) is 10.9 Å². The summed E-state index contributed by atoms with van der Waals surface area (Å²) in [6.07, 6.45) is 1.40. The van der Waals surface area contributed by atoms with Crippen LogP contribution in [0.2, 0.25) is 5.02 Å². The van der Waals surface area contributed by atoms with Crippen LogP contribution in [0, 0.1) is 6.92 Å². The fourth-order valence-electron chi connectivity index (χ4n) is 2.90. The number of esters is 2. The summed E-state index contributed by atoms with van der Waals surface area (Å²) in [5.74, 6) is -1.01. The molecule has 144 valence electrons. The molecule has 0 unspecified atom stereocenters. The van der Waals surface area contributed by atoms with E-state index in [4.69, 9.17) is 21.1 Å². The first-order valence-electron chi connectivity index (χ1n) is 8.66. The summed E-state index contributed by atoms with van der Waals surface area (Å²) in [5, 5.41) is 4.49. The molecular formula is C21H19ClN2O4. The van der Waals surface area contributed by atoms with Gasteiger partial charge in [0.1, 0.15) is 5.56 Å². The van der Waals surface area contributed by atoms with Crippen molar-refractivity contribution in [1.82, 2.24) is 4.98 Å². The summed E-state index contributed by atoms with van der Waals surface area (Å²) in [4.78, 5) is 28.9. The molecule has 0 aliphatic heterocycles. The second kappa shape index (κ2) is 8.27. The van der Waals surface area contributed by atoms with E-state index in [1.54, 1.807) is 31.2 Å². The molecule has 0 amide bonds. The Hall–Kier alpha value is -3.12. The number of aromatic nitrogens is 1. The van der Waals surface area contributed by atoms with E-state index in [2.05, 4.69) is 10.3 Å². The summed E-state index contributed by atoms with van der Waals surface area (Å²) in [6, 6.07) is 10.5. The molecule has 2 aromatic carbocycles. The van der Waals surface area contributed by atoms with Crippen molar-refractivity contribution < 1.29 is 19.1 Å². The van der Waals surface area contributed by atoms with Gasteiger partial charge in [0.05, 0.1) is 30.5 Å². The summed E-state index contributed by atoms with van der Waals surface area (Å²) >= 11 is 6.05. The van der Waals surface area contributed by atoms with Crippen molar-refractivity contribution in [3.8, 4) is 0 Å². The smallest absolute Gasteiger partial charge is 0.341 e. The zero-order chi connectivity index (χ0) is 20.3. The highest BCUT2D eigenvalue weighted by molar-refractivity contribution is 6.30. The summed E-state index contributed by atoms with van der Waals surface area (Å²) < 4.78 is 10.0. The van der Waals surface area contributed by atoms with Gasteiger partial charge in [-0.3, -0.25) is 4.98 Å². The normalized spacial score (nSPS) is 10.6. The van der Waals surface area contributed by atoms with Gasteiger partial charge >= 0.3 is 11.9 Å². The highest BCUT2D eigenvalue weighted by atomic mass is 35.5. The third-order valence-electron chi connectivity index (χ3n) is 4.25. The SMILES string of the molecule is CCOC(=O)c1cnc2c(C(=O)OC)cccc2c1Nc1ccc(Cl)cc1C. The van der Waals surface area contributed by atoms with Crippen LogP contribution in [0.1, 0.15) is 33.2 Å². The van der Waals surface area contributed by atoms with Crippen molar-refractivity contribution in [2.24, 2.45) is 0 Å². The molecule has 1 N–H and O–H groups in total. The van der Waals surface area contributed by atoms with E-state index in [0.717, 1.165) is 11.3 Å². The Morgan fingerprint density at radius 2 is 1.93 bits per heavy atom. The standard InChI is InChI=1S/C21H19ClN2O4/c1-4-28-21(26)16-11-23-18-14(6-5-7-15(18)20(25)27-3)19(16)24-17-9-8-13(22)10-12(17)2/h5-11H,4H2,1-3H3,(H,23,24). The van der Waals surface area contributed by atoms with Gasteiger partial charge in [-0.1, -0.05) is 23.7 Å². The Morgan fingerprint density at radius 1 is 1.14 bits per heavy atom. The largest absolute Gasteiger partial charge is 0.465 e. The van der Waals surface area contributed by atoms with Gasteiger partial charge in [-0.25, -0.2) is 9.59 Å². The minimum Gasteiger partial charge on any atom is -0.465 e. The number of methoxy groups -OCH3 is 1. The molecule has 1 aromatic heterocycles. The lowest BCUT2D eigenvalue weighted by Crippen LogP contribution is -2.11. The molecule has 0 spiro atoms. The average Bonchev–Trinajstić information content (AvgIpc) is 2.69. The quantitative estimate of drug-likeness (QED) is 0.615. The number of aryl methyl sites for hydroxylation is 1. The van der Waals surface area contributed by atoms with Crippen molar-refractivity contribution in [3.63, 3.8) is 0 Å². The van der Waals surface area contributed by atoms with E-state index < -0.39 is 11.9 Å². The third-order valence-corrected chi connectivity index (χ3v) is 4.48. The number of hydrogen-bond donors (Lipinski definition) is 1. The Labute approximate surface area is 167 Å². The molecule has 0 saturated carbocycles. The Bertz CT molecular complexity index is 1070. The fourth-order valence-corrected chi connectivity index (χ4v) is 3.12. The molecule has 0 radical (unpaired) electrons. The van der Waals surface area contributed by atoms with E-state index in [1.165, 1.54) is 13.3 Å². The van der Waals surface area contributed by atoms with E-state index in [0.29, 0.717) is 27.2 Å². The summed E-state index contributed by atoms with van der Waals surface area (Å²) in [7, 11) is 1.31. The van der Waals surface area contributed by atoms with Gasteiger partial charge in [0.15, 0.2) is 0 Å². The van der Waals surface area contributed by atoms with Crippen LogP contribution < -0.4 is 5.32 Å². The van der Waals surface area contributed by atoms with Crippen LogP contribution in [-0.2, 0) is 9.47 Å². The van der Waals surface area contributed by atoms with Crippen LogP contribution in [0.15, 0.2) is 42.6 Å². The molecule has 28 heavy (non-hydrogen) atoms. The molecule has 0 atom stereocenters. The minimum atomic E-state index is -0.505. The maximum atomic E-state index is 12.5. The molecule has 0 aliphatic rings. The topological polar surface area (TPSA) is 77.5 Å². The van der Waals surface area contributed by atoms with E-state index in [-0.39, 0.29) is 12.2 Å². The number of nitrogens with one attached hydrogen (secondary N) is 1. The van der Waals surface area contributed by atoms with Crippen molar-refractivity contribution in [1.29, 1.82) is 0 Å². The predicted octanol–water partition coefficient (Wildman–Crippen LogP) is 4.90. The first kappa shape index (κ1) is 19.6. The van der Waals surface area contributed by atoms with Crippen LogP contribution in [-0.4, -0.2) is 30.6 Å². The highest BCUT2D eigenvalue weighted by Crippen LogP contribution is 2.33. The monoisotopic (exact) mass is 398 g/mol. The van der Waals surface area contributed by atoms with Gasteiger partial charge in [-0.05, 0) is 43.7 Å². The minimum absolute atomic E-state index is 0.235. The number of ether oxygens (including phenoxy) is 2. The molecule has 7 heteroatoms. The summed E-state index contributed by atoms with van der Waals surface area (Å²) in [6.45, 7) is 3.87. The molecular weight excluding hydrogens is 380 g/mol. The third kappa shape index (κ3) is 3.77. The highest BCUT2D eigenvalue weighted by Gasteiger charge is 2.20. The molecule has 1 heterocycles. The zero-order valence-electron chi connectivity index (χ0n) is 15.7. The van der Waals surface area contributed by atoms with E-state index in [1.807, 2.05) is 19.1 Å². The fraction of sp³-hybridized carbons (Fsp3) is 0.190. The maximum Gasteiger partial charge on any atom is 0.341 e. The van der Waals surface area contributed by atoms with Crippen LogP contribution in [0.4, 0.5) is 11.4 Å². The average molecular weight is 399 g/mol. The van der Waals surface area contributed by atoms with Crippen LogP contribution >= 0.6 is 11.6 Å². The van der Waals surface area contributed by atoms with Gasteiger partial charge < -0.3 is 14.8 Å². The molecule has 6 nitrogen and oxygen atoms in total. The Balaban J connectivity index is 2.24. The van der Waals surface area contributed by atoms with Crippen molar-refractivity contribution >= 4 is 45.8 Å². The van der Waals surface area contributed by atoms with Gasteiger partial charge in [-0.2, -0.15) is 0 Å². The Kier molecular flexibility index (Phi) is 5.80. The zero-order valence-corrected chi connectivity index (χ0v) is 16.5. The van der Waals surface area contributed by atoms with Crippen molar-refractivity contribution in [3.05, 3.63) is 64.3 Å². The van der Waals surface area contributed by atoms with Gasteiger partial charge in [0, 0.05) is 22.3 Å². The van der Waals surface area contributed by atoms with Crippen LogP contribution in [0.5, 0.6) is 0 Å². The van der Waals surface area contributed by atoms with Crippen molar-refractivity contribution in [2.45, 2.75) is 13.8 Å². The molecule has 3 aromatic rings. The maximum absolute atomic E-state index is 12.5. The predicted molar refractivity (Wildman–Crippen MR) is 109 cm³/mol.